The second kappa shape index (κ2) is 7.34. The van der Waals surface area contributed by atoms with Gasteiger partial charge in [-0.05, 0) is 38.1 Å². The number of hydroxylamine groups is 2. The van der Waals surface area contributed by atoms with Crippen LogP contribution in [-0.2, 0) is 34.0 Å². The molecule has 3 aliphatic rings. The number of benzene rings is 2. The predicted molar refractivity (Wildman–Crippen MR) is 115 cm³/mol. The molecule has 0 unspecified atom stereocenters. The van der Waals surface area contributed by atoms with Crippen LogP contribution in [0.3, 0.4) is 0 Å². The highest BCUT2D eigenvalue weighted by Gasteiger charge is 2.68. The van der Waals surface area contributed by atoms with Gasteiger partial charge in [0.05, 0.1) is 27.6 Å². The fourth-order valence-electron chi connectivity index (χ4n) is 4.93. The maximum absolute atomic E-state index is 13.4. The average Bonchev–Trinajstić information content (AvgIpc) is 3.34. The Balaban J connectivity index is 1.54. The molecule has 0 aromatic heterocycles. The topological polar surface area (TPSA) is 99.2 Å². The van der Waals surface area contributed by atoms with Crippen molar-refractivity contribution in [1.29, 1.82) is 0 Å². The zero-order valence-corrected chi connectivity index (χ0v) is 19.4. The SMILES string of the molecule is CC1(C)O[C@@H]2[C@@H](CN3O[C@@H](S(=O)(=O)c4ccccc4)C[C@@]23CS(=O)(=O)c2ccccc2)O1. The quantitative estimate of drug-likeness (QED) is 0.644. The second-order valence-electron chi connectivity index (χ2n) is 8.93. The lowest BCUT2D eigenvalue weighted by atomic mass is 9.92. The first-order valence-electron chi connectivity index (χ1n) is 10.4. The first-order valence-corrected chi connectivity index (χ1v) is 13.6. The molecule has 10 heteroatoms. The van der Waals surface area contributed by atoms with Crippen LogP contribution in [0.25, 0.3) is 0 Å². The lowest BCUT2D eigenvalue weighted by molar-refractivity contribution is -0.213. The summed E-state index contributed by atoms with van der Waals surface area (Å²) in [5.74, 6) is -1.24. The van der Waals surface area contributed by atoms with Crippen LogP contribution < -0.4 is 0 Å². The largest absolute Gasteiger partial charge is 0.343 e. The van der Waals surface area contributed by atoms with E-state index in [4.69, 9.17) is 14.3 Å². The summed E-state index contributed by atoms with van der Waals surface area (Å²) in [6, 6.07) is 16.2. The molecule has 0 spiro atoms. The van der Waals surface area contributed by atoms with E-state index in [1.54, 1.807) is 50.2 Å². The monoisotopic (exact) mass is 479 g/mol. The van der Waals surface area contributed by atoms with Gasteiger partial charge in [0, 0.05) is 6.42 Å². The van der Waals surface area contributed by atoms with Crippen molar-refractivity contribution in [2.75, 3.05) is 12.3 Å². The summed E-state index contributed by atoms with van der Waals surface area (Å²) in [6.45, 7) is 3.76. The second-order valence-corrected chi connectivity index (χ2v) is 13.0. The van der Waals surface area contributed by atoms with E-state index in [9.17, 15) is 16.8 Å². The fourth-order valence-corrected chi connectivity index (χ4v) is 8.31. The van der Waals surface area contributed by atoms with Gasteiger partial charge in [-0.2, -0.15) is 5.06 Å². The smallest absolute Gasteiger partial charge is 0.207 e. The van der Waals surface area contributed by atoms with E-state index in [0.717, 1.165) is 0 Å². The Labute approximate surface area is 187 Å². The van der Waals surface area contributed by atoms with Crippen molar-refractivity contribution in [2.24, 2.45) is 0 Å². The minimum Gasteiger partial charge on any atom is -0.343 e. The fraction of sp³-hybridized carbons (Fsp3) is 0.455. The Hall–Kier alpha value is -1.82. The van der Waals surface area contributed by atoms with E-state index in [1.807, 2.05) is 0 Å². The molecule has 8 nitrogen and oxygen atoms in total. The first-order chi connectivity index (χ1) is 15.0. The molecule has 3 fully saturated rings. The molecule has 0 amide bonds. The van der Waals surface area contributed by atoms with Crippen LogP contribution in [0.15, 0.2) is 70.5 Å². The summed E-state index contributed by atoms with van der Waals surface area (Å²) >= 11 is 0. The van der Waals surface area contributed by atoms with Gasteiger partial charge in [-0.25, -0.2) is 16.8 Å². The molecule has 5 rings (SSSR count). The molecule has 3 saturated heterocycles. The summed E-state index contributed by atoms with van der Waals surface area (Å²) in [5, 5.41) is 1.48. The molecule has 0 aliphatic carbocycles. The van der Waals surface area contributed by atoms with Crippen molar-refractivity contribution in [1.82, 2.24) is 5.06 Å². The van der Waals surface area contributed by atoms with Gasteiger partial charge in [0.15, 0.2) is 21.1 Å². The molecule has 0 saturated carbocycles. The van der Waals surface area contributed by atoms with Crippen molar-refractivity contribution in [3.05, 3.63) is 60.7 Å². The molecule has 0 bridgehead atoms. The third kappa shape index (κ3) is 3.49. The highest BCUT2D eigenvalue weighted by atomic mass is 32.2. The van der Waals surface area contributed by atoms with Gasteiger partial charge in [-0.15, -0.1) is 0 Å². The molecule has 3 heterocycles. The minimum absolute atomic E-state index is 0.0447. The van der Waals surface area contributed by atoms with Crippen LogP contribution in [0.2, 0.25) is 0 Å². The number of rotatable bonds is 5. The first kappa shape index (κ1) is 22.0. The Bertz CT molecular complexity index is 1220. The van der Waals surface area contributed by atoms with Gasteiger partial charge >= 0.3 is 0 Å². The number of ether oxygens (including phenoxy) is 2. The molecule has 172 valence electrons. The Morgan fingerprint density at radius 1 is 0.906 bits per heavy atom. The van der Waals surface area contributed by atoms with Crippen LogP contribution in [0.4, 0.5) is 0 Å². The van der Waals surface area contributed by atoms with E-state index in [0.29, 0.717) is 0 Å². The van der Waals surface area contributed by atoms with Gasteiger partial charge < -0.3 is 9.47 Å². The van der Waals surface area contributed by atoms with Gasteiger partial charge in [0.2, 0.25) is 9.84 Å². The number of sulfone groups is 2. The highest BCUT2D eigenvalue weighted by Crippen LogP contribution is 2.51. The van der Waals surface area contributed by atoms with Crippen LogP contribution in [-0.4, -0.2) is 63.2 Å². The van der Waals surface area contributed by atoms with Gasteiger partial charge in [-0.1, -0.05) is 36.4 Å². The third-order valence-electron chi connectivity index (χ3n) is 6.28. The van der Waals surface area contributed by atoms with E-state index in [-0.39, 0.29) is 28.5 Å². The molecular formula is C22H25NO7S2. The van der Waals surface area contributed by atoms with Gasteiger partial charge in [0.25, 0.3) is 0 Å². The van der Waals surface area contributed by atoms with Gasteiger partial charge in [0.1, 0.15) is 12.2 Å². The van der Waals surface area contributed by atoms with Crippen LogP contribution >= 0.6 is 0 Å². The zero-order valence-electron chi connectivity index (χ0n) is 17.7. The molecular weight excluding hydrogens is 454 g/mol. The van der Waals surface area contributed by atoms with Crippen molar-refractivity contribution in [3.8, 4) is 0 Å². The Morgan fingerprint density at radius 2 is 1.50 bits per heavy atom. The molecule has 3 aliphatic heterocycles. The van der Waals surface area contributed by atoms with Crippen LogP contribution in [0, 0.1) is 0 Å². The molecule has 2 aromatic carbocycles. The maximum atomic E-state index is 13.4. The maximum Gasteiger partial charge on any atom is 0.207 e. The van der Waals surface area contributed by atoms with E-state index < -0.39 is 48.6 Å². The Kier molecular flexibility index (Phi) is 5.05. The summed E-state index contributed by atoms with van der Waals surface area (Å²) in [6.07, 6.45) is -1.11. The average molecular weight is 480 g/mol. The molecule has 4 atom stereocenters. The third-order valence-corrected chi connectivity index (χ3v) is 10.0. The van der Waals surface area contributed by atoms with Crippen molar-refractivity contribution < 1.29 is 31.1 Å². The summed E-state index contributed by atoms with van der Waals surface area (Å²) in [7, 11) is -7.62. The van der Waals surface area contributed by atoms with Crippen molar-refractivity contribution in [3.63, 3.8) is 0 Å². The predicted octanol–water partition coefficient (Wildman–Crippen LogP) is 2.17. The number of nitrogens with zero attached hydrogens (tertiary/aromatic N) is 1. The van der Waals surface area contributed by atoms with Crippen LogP contribution in [0.5, 0.6) is 0 Å². The standard InChI is InChI=1S/C22H25NO7S2/c1-21(2)28-18-14-23-22(20(18)29-21,15-31(24,25)16-9-5-3-6-10-16)13-19(30-23)32(26,27)17-11-7-4-8-12-17/h3-12,18-20H,13-15H2,1-2H3/t18-,19+,20-,22-/m1/s1. The van der Waals surface area contributed by atoms with E-state index >= 15 is 0 Å². The van der Waals surface area contributed by atoms with Crippen molar-refractivity contribution in [2.45, 2.75) is 59.0 Å². The Morgan fingerprint density at radius 3 is 2.12 bits per heavy atom. The lowest BCUT2D eigenvalue weighted by Gasteiger charge is -2.34. The van der Waals surface area contributed by atoms with Gasteiger partial charge in [-0.3, -0.25) is 4.84 Å². The molecule has 0 N–H and O–H groups in total. The van der Waals surface area contributed by atoms with Crippen molar-refractivity contribution >= 4 is 19.7 Å². The van der Waals surface area contributed by atoms with E-state index in [1.165, 1.54) is 29.3 Å². The molecule has 0 radical (unpaired) electrons. The molecule has 32 heavy (non-hydrogen) atoms. The summed E-state index contributed by atoms with van der Waals surface area (Å²) in [5.41, 5.74) is -2.41. The number of hydrogen-bond acceptors (Lipinski definition) is 8. The number of fused-ring (bicyclic) bond motifs is 3. The van der Waals surface area contributed by atoms with E-state index in [2.05, 4.69) is 0 Å². The lowest BCUT2D eigenvalue weighted by Crippen LogP contribution is -2.53. The minimum atomic E-state index is -3.85. The summed E-state index contributed by atoms with van der Waals surface area (Å²) < 4.78 is 65.4. The molecule has 2 aromatic rings. The highest BCUT2D eigenvalue weighted by molar-refractivity contribution is 7.92. The zero-order chi connectivity index (χ0) is 22.8. The summed E-state index contributed by atoms with van der Waals surface area (Å²) in [4.78, 5) is 6.22. The number of hydrogen-bond donors (Lipinski definition) is 0. The normalized spacial score (nSPS) is 32.0. The van der Waals surface area contributed by atoms with Crippen LogP contribution in [0.1, 0.15) is 20.3 Å².